The molecule has 0 spiro atoms. The van der Waals surface area contributed by atoms with Crippen LogP contribution in [-0.4, -0.2) is 21.6 Å². The van der Waals surface area contributed by atoms with Gasteiger partial charge in [0.25, 0.3) is 0 Å². The average Bonchev–Trinajstić information content (AvgIpc) is 2.46. The Morgan fingerprint density at radius 3 is 2.73 bits per heavy atom. The molecule has 0 fully saturated rings. The molecule has 0 radical (unpaired) electrons. The van der Waals surface area contributed by atoms with Gasteiger partial charge in [-0.2, -0.15) is 0 Å². The number of nitrogens with one attached hydrogen (secondary N) is 1. The van der Waals surface area contributed by atoms with E-state index in [4.69, 9.17) is 23.2 Å². The molecule has 2 rings (SSSR count). The second-order valence-electron chi connectivity index (χ2n) is 4.92. The van der Waals surface area contributed by atoms with Crippen molar-refractivity contribution in [3.63, 3.8) is 0 Å². The number of hydrogen-bond acceptors (Lipinski definition) is 5. The van der Waals surface area contributed by atoms with E-state index in [9.17, 15) is 15.2 Å². The molecular formula is C14H13Cl2N3O3. The number of rotatable bonds is 5. The molecule has 116 valence electrons. The SMILES string of the molecule is CC(O)(CNc1ncc(Cl)cc1[N+](=O)[O-])c1cccc(Cl)c1. The van der Waals surface area contributed by atoms with Crippen molar-refractivity contribution < 1.29 is 10.0 Å². The molecule has 1 unspecified atom stereocenters. The second kappa shape index (κ2) is 6.48. The molecule has 1 aromatic heterocycles. The first-order valence-corrected chi connectivity index (χ1v) is 7.07. The monoisotopic (exact) mass is 341 g/mol. The van der Waals surface area contributed by atoms with Crippen molar-refractivity contribution in [2.75, 3.05) is 11.9 Å². The molecule has 0 saturated carbocycles. The maximum atomic E-state index is 11.0. The Balaban J connectivity index is 2.20. The van der Waals surface area contributed by atoms with Gasteiger partial charge in [0.15, 0.2) is 0 Å². The van der Waals surface area contributed by atoms with Crippen molar-refractivity contribution in [2.24, 2.45) is 0 Å². The molecule has 1 atom stereocenters. The van der Waals surface area contributed by atoms with E-state index >= 15 is 0 Å². The molecule has 8 heteroatoms. The number of aliphatic hydroxyl groups is 1. The van der Waals surface area contributed by atoms with E-state index in [0.717, 1.165) is 0 Å². The Morgan fingerprint density at radius 1 is 1.36 bits per heavy atom. The molecule has 6 nitrogen and oxygen atoms in total. The van der Waals surface area contributed by atoms with Crippen LogP contribution in [-0.2, 0) is 5.60 Å². The summed E-state index contributed by atoms with van der Waals surface area (Å²) in [6.45, 7) is 1.59. The number of pyridine rings is 1. The van der Waals surface area contributed by atoms with Gasteiger partial charge in [-0.15, -0.1) is 0 Å². The second-order valence-corrected chi connectivity index (χ2v) is 5.79. The van der Waals surface area contributed by atoms with Gasteiger partial charge in [0, 0.05) is 23.8 Å². The zero-order valence-electron chi connectivity index (χ0n) is 11.6. The summed E-state index contributed by atoms with van der Waals surface area (Å²) in [4.78, 5) is 14.3. The minimum absolute atomic E-state index is 0.0167. The summed E-state index contributed by atoms with van der Waals surface area (Å²) in [6, 6.07) is 7.96. The van der Waals surface area contributed by atoms with Crippen LogP contribution < -0.4 is 5.32 Å². The third-order valence-electron chi connectivity index (χ3n) is 3.08. The van der Waals surface area contributed by atoms with E-state index < -0.39 is 10.5 Å². The van der Waals surface area contributed by atoms with Crippen molar-refractivity contribution in [1.29, 1.82) is 0 Å². The van der Waals surface area contributed by atoms with Crippen LogP contribution in [0.4, 0.5) is 11.5 Å². The summed E-state index contributed by atoms with van der Waals surface area (Å²) in [5.41, 5.74) is -0.946. The number of nitrogens with zero attached hydrogens (tertiary/aromatic N) is 2. The highest BCUT2D eigenvalue weighted by Gasteiger charge is 2.25. The Bertz CT molecular complexity index is 707. The number of halogens is 2. The van der Waals surface area contributed by atoms with E-state index in [2.05, 4.69) is 10.3 Å². The van der Waals surface area contributed by atoms with Crippen molar-refractivity contribution >= 4 is 34.7 Å². The molecule has 22 heavy (non-hydrogen) atoms. The first kappa shape index (κ1) is 16.5. The zero-order chi connectivity index (χ0) is 16.3. The van der Waals surface area contributed by atoms with Gasteiger partial charge in [-0.05, 0) is 24.6 Å². The van der Waals surface area contributed by atoms with Crippen LogP contribution in [0.3, 0.4) is 0 Å². The topological polar surface area (TPSA) is 88.3 Å². The molecule has 0 saturated heterocycles. The summed E-state index contributed by atoms with van der Waals surface area (Å²) in [6.07, 6.45) is 1.30. The molecule has 1 heterocycles. The van der Waals surface area contributed by atoms with Crippen LogP contribution in [0.25, 0.3) is 0 Å². The highest BCUT2D eigenvalue weighted by atomic mass is 35.5. The van der Waals surface area contributed by atoms with E-state index in [1.807, 2.05) is 0 Å². The Labute approximate surface area is 136 Å². The fourth-order valence-electron chi connectivity index (χ4n) is 1.89. The number of benzene rings is 1. The van der Waals surface area contributed by atoms with E-state index in [1.165, 1.54) is 12.3 Å². The Morgan fingerprint density at radius 2 is 2.09 bits per heavy atom. The van der Waals surface area contributed by atoms with E-state index in [0.29, 0.717) is 10.6 Å². The summed E-state index contributed by atoms with van der Waals surface area (Å²) in [5.74, 6) is 0.0386. The largest absolute Gasteiger partial charge is 0.384 e. The van der Waals surface area contributed by atoms with Gasteiger partial charge in [0.1, 0.15) is 5.60 Å². The molecule has 0 aliphatic rings. The fraction of sp³-hybridized carbons (Fsp3) is 0.214. The summed E-state index contributed by atoms with van der Waals surface area (Å²) >= 11 is 11.6. The molecule has 0 aliphatic heterocycles. The third kappa shape index (κ3) is 3.85. The normalized spacial score (nSPS) is 13.5. The molecule has 1 aromatic carbocycles. The van der Waals surface area contributed by atoms with Crippen LogP contribution in [0.15, 0.2) is 36.5 Å². The van der Waals surface area contributed by atoms with Crippen molar-refractivity contribution in [2.45, 2.75) is 12.5 Å². The summed E-state index contributed by atoms with van der Waals surface area (Å²) < 4.78 is 0. The van der Waals surface area contributed by atoms with Gasteiger partial charge in [-0.25, -0.2) is 4.98 Å². The average molecular weight is 342 g/mol. The van der Waals surface area contributed by atoms with Crippen LogP contribution in [0, 0.1) is 10.1 Å². The van der Waals surface area contributed by atoms with Crippen LogP contribution >= 0.6 is 23.2 Å². The van der Waals surface area contributed by atoms with Gasteiger partial charge in [-0.3, -0.25) is 10.1 Å². The lowest BCUT2D eigenvalue weighted by Gasteiger charge is -2.24. The Hall–Kier alpha value is -1.89. The lowest BCUT2D eigenvalue weighted by Crippen LogP contribution is -2.31. The Kier molecular flexibility index (Phi) is 4.85. The molecule has 0 amide bonds. The zero-order valence-corrected chi connectivity index (χ0v) is 13.1. The number of nitro groups is 1. The maximum Gasteiger partial charge on any atom is 0.312 e. The standard InChI is InChI=1S/C14H13Cl2N3O3/c1-14(20,9-3-2-4-10(15)5-9)8-18-13-12(19(21)22)6-11(16)7-17-13/h2-7,20H,8H2,1H3,(H,17,18). The van der Waals surface area contributed by atoms with Gasteiger partial charge < -0.3 is 10.4 Å². The first-order chi connectivity index (χ1) is 10.3. The van der Waals surface area contributed by atoms with Crippen LogP contribution in [0.1, 0.15) is 12.5 Å². The number of anilines is 1. The van der Waals surface area contributed by atoms with Gasteiger partial charge >= 0.3 is 5.69 Å². The summed E-state index contributed by atoms with van der Waals surface area (Å²) in [7, 11) is 0. The number of aromatic nitrogens is 1. The summed E-state index contributed by atoms with van der Waals surface area (Å²) in [5, 5.41) is 24.9. The highest BCUT2D eigenvalue weighted by molar-refractivity contribution is 6.31. The van der Waals surface area contributed by atoms with Gasteiger partial charge in [-0.1, -0.05) is 35.3 Å². The minimum Gasteiger partial charge on any atom is -0.384 e. The van der Waals surface area contributed by atoms with E-state index in [1.54, 1.807) is 31.2 Å². The maximum absolute atomic E-state index is 11.0. The van der Waals surface area contributed by atoms with Gasteiger partial charge in [0.05, 0.1) is 9.95 Å². The predicted octanol–water partition coefficient (Wildman–Crippen LogP) is 3.62. The quantitative estimate of drug-likeness (QED) is 0.640. The highest BCUT2D eigenvalue weighted by Crippen LogP contribution is 2.28. The molecule has 2 aromatic rings. The van der Waals surface area contributed by atoms with E-state index in [-0.39, 0.29) is 23.1 Å². The molecule has 2 N–H and O–H groups in total. The van der Waals surface area contributed by atoms with Crippen molar-refractivity contribution in [3.05, 3.63) is 62.3 Å². The lowest BCUT2D eigenvalue weighted by molar-refractivity contribution is -0.384. The van der Waals surface area contributed by atoms with Crippen LogP contribution in [0.5, 0.6) is 0 Å². The third-order valence-corrected chi connectivity index (χ3v) is 3.52. The van der Waals surface area contributed by atoms with Crippen molar-refractivity contribution in [3.8, 4) is 0 Å². The predicted molar refractivity (Wildman–Crippen MR) is 85.4 cm³/mol. The fourth-order valence-corrected chi connectivity index (χ4v) is 2.23. The first-order valence-electron chi connectivity index (χ1n) is 6.32. The molecule has 0 bridgehead atoms. The van der Waals surface area contributed by atoms with Crippen LogP contribution in [0.2, 0.25) is 10.0 Å². The van der Waals surface area contributed by atoms with Gasteiger partial charge in [0.2, 0.25) is 5.82 Å². The number of hydrogen-bond donors (Lipinski definition) is 2. The molecule has 0 aliphatic carbocycles. The minimum atomic E-state index is -1.28. The molecular weight excluding hydrogens is 329 g/mol. The smallest absolute Gasteiger partial charge is 0.312 e. The lowest BCUT2D eigenvalue weighted by atomic mass is 9.96. The van der Waals surface area contributed by atoms with Crippen molar-refractivity contribution in [1.82, 2.24) is 4.98 Å².